The average Bonchev–Trinajstić information content (AvgIpc) is 3.04. The third kappa shape index (κ3) is 5.01. The third-order valence-electron chi connectivity index (χ3n) is 4.94. The molecule has 28 heavy (non-hydrogen) atoms. The molecule has 2 heterocycles. The van der Waals surface area contributed by atoms with Crippen LogP contribution in [0.4, 0.5) is 5.69 Å². The Morgan fingerprint density at radius 3 is 2.50 bits per heavy atom. The van der Waals surface area contributed by atoms with Crippen LogP contribution in [0.25, 0.3) is 0 Å². The largest absolute Gasteiger partial charge is 0.336 e. The normalized spacial score (nSPS) is 18.0. The summed E-state index contributed by atoms with van der Waals surface area (Å²) in [4.78, 5) is 31.5. The Morgan fingerprint density at radius 2 is 1.89 bits per heavy atom. The fraction of sp³-hybridized carbons (Fsp3) is 0.350. The number of benzene rings is 1. The van der Waals surface area contributed by atoms with Gasteiger partial charge in [-0.15, -0.1) is 24.8 Å². The van der Waals surface area contributed by atoms with Crippen molar-refractivity contribution in [3.63, 3.8) is 0 Å². The maximum absolute atomic E-state index is 13.1. The van der Waals surface area contributed by atoms with Gasteiger partial charge in [-0.2, -0.15) is 0 Å². The van der Waals surface area contributed by atoms with Crippen LogP contribution in [0.1, 0.15) is 39.6 Å². The number of nitrogens with two attached hydrogens (primary N) is 1. The van der Waals surface area contributed by atoms with Crippen LogP contribution in [-0.2, 0) is 0 Å². The number of rotatable bonds is 4. The van der Waals surface area contributed by atoms with Gasteiger partial charge in [0, 0.05) is 30.5 Å². The predicted octanol–water partition coefficient (Wildman–Crippen LogP) is 3.30. The molecule has 0 spiro atoms. The van der Waals surface area contributed by atoms with Crippen molar-refractivity contribution in [2.45, 2.75) is 26.3 Å². The monoisotopic (exact) mass is 424 g/mol. The van der Waals surface area contributed by atoms with E-state index in [9.17, 15) is 9.59 Å². The van der Waals surface area contributed by atoms with Crippen LogP contribution in [0, 0.1) is 12.8 Å². The molecule has 0 radical (unpaired) electrons. The van der Waals surface area contributed by atoms with Crippen LogP contribution >= 0.6 is 24.8 Å². The Kier molecular flexibility index (Phi) is 8.88. The van der Waals surface area contributed by atoms with Crippen LogP contribution in [0.2, 0.25) is 0 Å². The van der Waals surface area contributed by atoms with Crippen molar-refractivity contribution in [3.05, 3.63) is 59.4 Å². The summed E-state index contributed by atoms with van der Waals surface area (Å²) in [5.41, 5.74) is 8.20. The number of aryl methyl sites for hydroxylation is 1. The lowest BCUT2D eigenvalue weighted by atomic mass is 10.1. The van der Waals surface area contributed by atoms with Gasteiger partial charge in [-0.05, 0) is 56.5 Å². The molecule has 2 atom stereocenters. The number of nitrogens with one attached hydrogen (secondary N) is 1. The molecule has 0 saturated carbocycles. The summed E-state index contributed by atoms with van der Waals surface area (Å²) in [5, 5.41) is 2.90. The van der Waals surface area contributed by atoms with Gasteiger partial charge in [0.2, 0.25) is 0 Å². The Bertz CT molecular complexity index is 817. The number of para-hydroxylation sites is 1. The Labute approximate surface area is 177 Å². The Morgan fingerprint density at radius 1 is 1.21 bits per heavy atom. The fourth-order valence-corrected chi connectivity index (χ4v) is 3.45. The van der Waals surface area contributed by atoms with Gasteiger partial charge in [0.25, 0.3) is 11.8 Å². The fourth-order valence-electron chi connectivity index (χ4n) is 3.45. The van der Waals surface area contributed by atoms with Crippen molar-refractivity contribution in [2.24, 2.45) is 11.7 Å². The molecule has 1 aromatic heterocycles. The van der Waals surface area contributed by atoms with E-state index in [-0.39, 0.29) is 42.7 Å². The highest BCUT2D eigenvalue weighted by atomic mass is 35.5. The van der Waals surface area contributed by atoms with Crippen LogP contribution in [0.15, 0.2) is 42.7 Å². The number of nitrogens with zero attached hydrogens (tertiary/aromatic N) is 2. The highest BCUT2D eigenvalue weighted by molar-refractivity contribution is 6.09. The SMILES string of the molecule is Cc1cccc(C(=O)N2CC(CN)CC2C)c1NC(=O)c1ccncc1.Cl.Cl. The number of hydrogen-bond donors (Lipinski definition) is 2. The van der Waals surface area contributed by atoms with Gasteiger partial charge < -0.3 is 16.0 Å². The second kappa shape index (κ2) is 10.4. The first-order valence-electron chi connectivity index (χ1n) is 8.83. The zero-order valence-corrected chi connectivity index (χ0v) is 17.6. The van der Waals surface area contributed by atoms with Crippen molar-refractivity contribution in [1.82, 2.24) is 9.88 Å². The smallest absolute Gasteiger partial charge is 0.256 e. The molecule has 6 nitrogen and oxygen atoms in total. The number of amides is 2. The van der Waals surface area contributed by atoms with Crippen LogP contribution in [0.3, 0.4) is 0 Å². The van der Waals surface area contributed by atoms with Gasteiger partial charge >= 0.3 is 0 Å². The molecule has 1 aliphatic heterocycles. The third-order valence-corrected chi connectivity index (χ3v) is 4.94. The second-order valence-electron chi connectivity index (χ2n) is 6.83. The maximum atomic E-state index is 13.1. The minimum absolute atomic E-state index is 0. The first-order valence-corrected chi connectivity index (χ1v) is 8.83. The van der Waals surface area contributed by atoms with Gasteiger partial charge in [0.15, 0.2) is 0 Å². The number of anilines is 1. The molecule has 8 heteroatoms. The van der Waals surface area contributed by atoms with E-state index in [0.717, 1.165) is 12.0 Å². The van der Waals surface area contributed by atoms with Crippen LogP contribution in [0.5, 0.6) is 0 Å². The van der Waals surface area contributed by atoms with Crippen molar-refractivity contribution in [1.29, 1.82) is 0 Å². The van der Waals surface area contributed by atoms with Gasteiger partial charge in [-0.3, -0.25) is 14.6 Å². The molecular formula is C20H26Cl2N4O2. The van der Waals surface area contributed by atoms with Crippen LogP contribution < -0.4 is 11.1 Å². The molecule has 0 aliphatic carbocycles. The minimum atomic E-state index is -0.259. The lowest BCUT2D eigenvalue weighted by Gasteiger charge is -2.23. The van der Waals surface area contributed by atoms with Crippen molar-refractivity contribution >= 4 is 42.3 Å². The standard InChI is InChI=1S/C20H24N4O2.2ClH/c1-13-4-3-5-17(20(26)24-12-15(11-21)10-14(24)2)18(13)23-19(25)16-6-8-22-9-7-16;;/h3-9,14-15H,10-12,21H2,1-2H3,(H,23,25);2*1H. The van der Waals surface area contributed by atoms with Crippen molar-refractivity contribution < 1.29 is 9.59 Å². The molecule has 0 bridgehead atoms. The number of hydrogen-bond acceptors (Lipinski definition) is 4. The first-order chi connectivity index (χ1) is 12.5. The molecule has 1 aromatic carbocycles. The average molecular weight is 425 g/mol. The van der Waals surface area contributed by atoms with Gasteiger partial charge in [-0.1, -0.05) is 12.1 Å². The molecule has 3 N–H and O–H groups in total. The number of halogens is 2. The second-order valence-corrected chi connectivity index (χ2v) is 6.83. The summed E-state index contributed by atoms with van der Waals surface area (Å²) in [6.07, 6.45) is 4.04. The van der Waals surface area contributed by atoms with Gasteiger partial charge in [0.1, 0.15) is 0 Å². The van der Waals surface area contributed by atoms with Crippen molar-refractivity contribution in [2.75, 3.05) is 18.4 Å². The molecule has 1 aliphatic rings. The summed E-state index contributed by atoms with van der Waals surface area (Å²) < 4.78 is 0. The number of aromatic nitrogens is 1. The van der Waals surface area contributed by atoms with E-state index in [4.69, 9.17) is 5.73 Å². The van der Waals surface area contributed by atoms with E-state index in [2.05, 4.69) is 10.3 Å². The Hall–Kier alpha value is -2.15. The number of carbonyl (C=O) groups is 2. The van der Waals surface area contributed by atoms with E-state index in [0.29, 0.717) is 35.8 Å². The highest BCUT2D eigenvalue weighted by Crippen LogP contribution is 2.28. The number of carbonyl (C=O) groups excluding carboxylic acids is 2. The summed E-state index contributed by atoms with van der Waals surface area (Å²) >= 11 is 0. The summed E-state index contributed by atoms with van der Waals surface area (Å²) in [7, 11) is 0. The molecule has 2 unspecified atom stereocenters. The molecule has 1 saturated heterocycles. The van der Waals surface area contributed by atoms with Crippen molar-refractivity contribution in [3.8, 4) is 0 Å². The van der Waals surface area contributed by atoms with E-state index < -0.39 is 0 Å². The summed E-state index contributed by atoms with van der Waals surface area (Å²) in [5.74, 6) is 0.000789. The first kappa shape index (κ1) is 23.9. The van der Waals surface area contributed by atoms with E-state index in [1.807, 2.05) is 30.9 Å². The lowest BCUT2D eigenvalue weighted by Crippen LogP contribution is -2.35. The summed E-state index contributed by atoms with van der Waals surface area (Å²) in [6, 6.07) is 8.91. The van der Waals surface area contributed by atoms with Gasteiger partial charge in [0.05, 0.1) is 11.3 Å². The predicted molar refractivity (Wildman–Crippen MR) is 116 cm³/mol. The molecule has 3 rings (SSSR count). The Balaban J connectivity index is 0.00000196. The molecular weight excluding hydrogens is 399 g/mol. The number of pyridine rings is 1. The zero-order valence-electron chi connectivity index (χ0n) is 15.9. The molecule has 2 aromatic rings. The van der Waals surface area contributed by atoms with E-state index >= 15 is 0 Å². The van der Waals surface area contributed by atoms with Gasteiger partial charge in [-0.25, -0.2) is 0 Å². The minimum Gasteiger partial charge on any atom is -0.336 e. The highest BCUT2D eigenvalue weighted by Gasteiger charge is 2.33. The zero-order chi connectivity index (χ0) is 18.7. The molecule has 1 fully saturated rings. The van der Waals surface area contributed by atoms with Crippen LogP contribution in [-0.4, -0.2) is 40.8 Å². The molecule has 2 amide bonds. The van der Waals surface area contributed by atoms with E-state index in [1.54, 1.807) is 30.6 Å². The summed E-state index contributed by atoms with van der Waals surface area (Å²) in [6.45, 7) is 5.16. The lowest BCUT2D eigenvalue weighted by molar-refractivity contribution is 0.0744. The van der Waals surface area contributed by atoms with E-state index in [1.165, 1.54) is 0 Å². The molecule has 152 valence electrons. The number of likely N-dealkylation sites (tertiary alicyclic amines) is 1. The quantitative estimate of drug-likeness (QED) is 0.787. The maximum Gasteiger partial charge on any atom is 0.256 e. The topological polar surface area (TPSA) is 88.3 Å².